The highest BCUT2D eigenvalue weighted by Gasteiger charge is 2.45. The summed E-state index contributed by atoms with van der Waals surface area (Å²) in [5.74, 6) is 0. The SMILES string of the molecule is CC1(C)COP(=O)(O)OC1c1ccccc1Cl.Cn1nnc2ccc(CNNc3ccc(Cl)cc3)cc21. The molecule has 0 saturated carbocycles. The third kappa shape index (κ3) is 7.09. The van der Waals surface area contributed by atoms with Crippen LogP contribution in [0.15, 0.2) is 66.7 Å². The first-order chi connectivity index (χ1) is 17.5. The van der Waals surface area contributed by atoms with Gasteiger partial charge in [0, 0.05) is 40.3 Å². The molecule has 1 aliphatic heterocycles. The number of nitrogens with one attached hydrogen (secondary N) is 2. The Hall–Kier alpha value is -2.49. The first kappa shape index (κ1) is 27.5. The van der Waals surface area contributed by atoms with Gasteiger partial charge in [-0.3, -0.25) is 9.05 Å². The molecule has 4 aromatic rings. The first-order valence-corrected chi connectivity index (χ1v) is 13.7. The summed E-state index contributed by atoms with van der Waals surface area (Å²) in [5.41, 5.74) is 10.6. The van der Waals surface area contributed by atoms with Gasteiger partial charge in [-0.2, -0.15) is 0 Å². The third-order valence-corrected chi connectivity index (χ3v) is 7.31. The zero-order valence-corrected chi connectivity index (χ0v) is 23.0. The zero-order valence-electron chi connectivity index (χ0n) is 20.6. The lowest BCUT2D eigenvalue weighted by molar-refractivity contribution is -0.0472. The summed E-state index contributed by atoms with van der Waals surface area (Å²) in [6.45, 7) is 4.65. The molecule has 3 aromatic carbocycles. The Morgan fingerprint density at radius 1 is 1.14 bits per heavy atom. The van der Waals surface area contributed by atoms with Crippen LogP contribution in [-0.4, -0.2) is 26.5 Å². The van der Waals surface area contributed by atoms with E-state index in [9.17, 15) is 9.46 Å². The van der Waals surface area contributed by atoms with Crippen molar-refractivity contribution in [3.05, 3.63) is 87.9 Å². The van der Waals surface area contributed by atoms with Crippen LogP contribution in [0.5, 0.6) is 0 Å². The Morgan fingerprint density at radius 2 is 1.86 bits per heavy atom. The van der Waals surface area contributed by atoms with Crippen molar-refractivity contribution in [2.45, 2.75) is 26.5 Å². The molecular formula is C25H28Cl2N5O4P. The van der Waals surface area contributed by atoms with E-state index in [0.717, 1.165) is 27.3 Å². The van der Waals surface area contributed by atoms with Crippen molar-refractivity contribution in [3.63, 3.8) is 0 Å². The number of hydrazine groups is 1. The van der Waals surface area contributed by atoms with Crippen molar-refractivity contribution in [2.75, 3.05) is 12.0 Å². The molecule has 0 amide bonds. The van der Waals surface area contributed by atoms with E-state index in [0.29, 0.717) is 17.1 Å². The number of phosphoric ester groups is 1. The number of anilines is 1. The van der Waals surface area contributed by atoms with Crippen LogP contribution >= 0.6 is 31.0 Å². The standard InChI is InChI=1S/C14H14ClN5.C11H14ClO4P/c1-20-14-8-10(2-7-13(14)18-19-20)9-16-17-12-5-3-11(15)4-6-12;1-11(2)7-15-17(13,14)16-10(11)8-5-3-4-6-9(8)12/h2-8,16-17H,9H2,1H3;3-6,10H,7H2,1-2H3,(H,13,14). The van der Waals surface area contributed by atoms with Crippen molar-refractivity contribution in [1.82, 2.24) is 20.4 Å². The molecule has 3 N–H and O–H groups in total. The number of rotatable bonds is 5. The predicted octanol–water partition coefficient (Wildman–Crippen LogP) is 6.29. The number of hydrogen-bond acceptors (Lipinski definition) is 7. The van der Waals surface area contributed by atoms with Gasteiger partial charge in [-0.05, 0) is 48.0 Å². The van der Waals surface area contributed by atoms with Crippen molar-refractivity contribution < 1.29 is 18.5 Å². The number of phosphoric acid groups is 1. The molecule has 1 aromatic heterocycles. The molecule has 196 valence electrons. The molecule has 0 spiro atoms. The number of nitrogens with zero attached hydrogens (tertiary/aromatic N) is 3. The number of hydrogen-bond donors (Lipinski definition) is 3. The highest BCUT2D eigenvalue weighted by atomic mass is 35.5. The molecule has 0 radical (unpaired) electrons. The molecule has 1 fully saturated rings. The fourth-order valence-corrected chi connectivity index (χ4v) is 5.35. The molecule has 2 heterocycles. The summed E-state index contributed by atoms with van der Waals surface area (Å²) < 4.78 is 23.2. The van der Waals surface area contributed by atoms with E-state index >= 15 is 0 Å². The lowest BCUT2D eigenvalue weighted by Gasteiger charge is -2.39. The average molecular weight is 564 g/mol. The van der Waals surface area contributed by atoms with Crippen molar-refractivity contribution in [2.24, 2.45) is 12.5 Å². The molecule has 0 bridgehead atoms. The molecule has 9 nitrogen and oxygen atoms in total. The van der Waals surface area contributed by atoms with Gasteiger partial charge in [0.2, 0.25) is 0 Å². The van der Waals surface area contributed by atoms with E-state index in [4.69, 9.17) is 32.2 Å². The second-order valence-corrected chi connectivity index (χ2v) is 11.5. The first-order valence-electron chi connectivity index (χ1n) is 11.5. The molecular weight excluding hydrogens is 536 g/mol. The maximum atomic E-state index is 11.5. The third-order valence-electron chi connectivity index (χ3n) is 5.78. The van der Waals surface area contributed by atoms with Gasteiger partial charge in [0.15, 0.2) is 0 Å². The van der Waals surface area contributed by atoms with Crippen LogP contribution in [0.4, 0.5) is 5.69 Å². The van der Waals surface area contributed by atoms with Crippen molar-refractivity contribution in [1.29, 1.82) is 0 Å². The van der Waals surface area contributed by atoms with E-state index < -0.39 is 19.3 Å². The molecule has 2 atom stereocenters. The topological polar surface area (TPSA) is 111 Å². The Balaban J connectivity index is 0.000000176. The Bertz CT molecular complexity index is 1410. The molecule has 5 rings (SSSR count). The summed E-state index contributed by atoms with van der Waals surface area (Å²) in [6, 6.07) is 20.8. The normalized spacial score (nSPS) is 20.8. The smallest absolute Gasteiger partial charge is 0.321 e. The molecule has 37 heavy (non-hydrogen) atoms. The van der Waals surface area contributed by atoms with Crippen molar-refractivity contribution in [3.8, 4) is 0 Å². The minimum atomic E-state index is -3.97. The summed E-state index contributed by atoms with van der Waals surface area (Å²) in [6.07, 6.45) is -0.555. The van der Waals surface area contributed by atoms with Gasteiger partial charge in [-0.15, -0.1) is 5.10 Å². The fraction of sp³-hybridized carbons (Fsp3) is 0.280. The van der Waals surface area contributed by atoms with Gasteiger partial charge in [0.25, 0.3) is 0 Å². The number of halogens is 2. The Morgan fingerprint density at radius 3 is 2.59 bits per heavy atom. The Kier molecular flexibility index (Phi) is 8.56. The molecule has 2 unspecified atom stereocenters. The molecule has 12 heteroatoms. The van der Waals surface area contributed by atoms with Gasteiger partial charge in [0.1, 0.15) is 11.6 Å². The van der Waals surface area contributed by atoms with E-state index in [1.807, 2.05) is 63.4 Å². The van der Waals surface area contributed by atoms with Crippen LogP contribution in [0.25, 0.3) is 11.0 Å². The van der Waals surface area contributed by atoms with Gasteiger partial charge in [0.05, 0.1) is 12.1 Å². The summed E-state index contributed by atoms with van der Waals surface area (Å²) >= 11 is 11.9. The highest BCUT2D eigenvalue weighted by Crippen LogP contribution is 2.58. The van der Waals surface area contributed by atoms with Crippen LogP contribution in [0.1, 0.15) is 31.1 Å². The maximum absolute atomic E-state index is 11.5. The minimum absolute atomic E-state index is 0.149. The monoisotopic (exact) mass is 563 g/mol. The van der Waals surface area contributed by atoms with Gasteiger partial charge < -0.3 is 10.3 Å². The average Bonchev–Trinajstić information content (AvgIpc) is 3.23. The number of benzene rings is 3. The maximum Gasteiger partial charge on any atom is 0.472 e. The van der Waals surface area contributed by atoms with Crippen LogP contribution in [0.3, 0.4) is 0 Å². The second kappa shape index (κ2) is 11.5. The summed E-state index contributed by atoms with van der Waals surface area (Å²) in [5, 5.41) is 9.30. The predicted molar refractivity (Wildman–Crippen MR) is 145 cm³/mol. The van der Waals surface area contributed by atoms with Gasteiger partial charge in [-0.25, -0.2) is 14.7 Å². The van der Waals surface area contributed by atoms with Crippen LogP contribution < -0.4 is 10.9 Å². The van der Waals surface area contributed by atoms with E-state index in [-0.39, 0.29) is 6.61 Å². The fourth-order valence-electron chi connectivity index (χ4n) is 3.76. The van der Waals surface area contributed by atoms with E-state index in [1.165, 1.54) is 0 Å². The number of aromatic nitrogens is 3. The molecule has 1 saturated heterocycles. The second-order valence-electron chi connectivity index (χ2n) is 9.26. The van der Waals surface area contributed by atoms with Gasteiger partial charge in [-0.1, -0.05) is 66.5 Å². The minimum Gasteiger partial charge on any atom is -0.321 e. The lowest BCUT2D eigenvalue weighted by atomic mass is 9.83. The van der Waals surface area contributed by atoms with Crippen molar-refractivity contribution >= 4 is 47.7 Å². The highest BCUT2D eigenvalue weighted by molar-refractivity contribution is 7.47. The lowest BCUT2D eigenvalue weighted by Crippen LogP contribution is -2.33. The number of fused-ring (bicyclic) bond motifs is 1. The largest absolute Gasteiger partial charge is 0.472 e. The van der Waals surface area contributed by atoms with Crippen LogP contribution in [0, 0.1) is 5.41 Å². The summed E-state index contributed by atoms with van der Waals surface area (Å²) in [7, 11) is -2.08. The number of aryl methyl sites for hydroxylation is 1. The Labute approximate surface area is 225 Å². The molecule has 1 aliphatic rings. The zero-order chi connectivity index (χ0) is 26.6. The quantitative estimate of drug-likeness (QED) is 0.192. The van der Waals surface area contributed by atoms with Crippen LogP contribution in [0.2, 0.25) is 10.0 Å². The summed E-state index contributed by atoms with van der Waals surface area (Å²) in [4.78, 5) is 9.40. The van der Waals surface area contributed by atoms with Gasteiger partial charge >= 0.3 is 7.82 Å². The van der Waals surface area contributed by atoms with E-state index in [1.54, 1.807) is 22.9 Å². The molecule has 0 aliphatic carbocycles. The van der Waals surface area contributed by atoms with E-state index in [2.05, 4.69) is 27.2 Å². The van der Waals surface area contributed by atoms with Crippen LogP contribution in [-0.2, 0) is 27.2 Å².